The van der Waals surface area contributed by atoms with E-state index >= 15 is 0 Å². The van der Waals surface area contributed by atoms with Gasteiger partial charge in [-0.2, -0.15) is 0 Å². The van der Waals surface area contributed by atoms with E-state index in [1.54, 1.807) is 31.2 Å². The fraction of sp³-hybridized carbons (Fsp3) is 0.333. The van der Waals surface area contributed by atoms with E-state index < -0.39 is 12.1 Å². The summed E-state index contributed by atoms with van der Waals surface area (Å²) in [5, 5.41) is 2.97. The molecule has 0 unspecified atom stereocenters. The molecule has 2 aromatic rings. The minimum atomic E-state index is -0.627. The van der Waals surface area contributed by atoms with E-state index in [-0.39, 0.29) is 11.9 Å². The van der Waals surface area contributed by atoms with E-state index in [1.807, 2.05) is 25.1 Å². The van der Waals surface area contributed by atoms with E-state index in [0.29, 0.717) is 11.3 Å². The predicted octanol–water partition coefficient (Wildman–Crippen LogP) is 3.38. The van der Waals surface area contributed by atoms with Crippen molar-refractivity contribution in [3.8, 4) is 5.75 Å². The molecule has 2 atom stereocenters. The predicted molar refractivity (Wildman–Crippen MR) is 100 cm³/mol. The number of amides is 1. The van der Waals surface area contributed by atoms with Crippen molar-refractivity contribution in [3.05, 3.63) is 65.7 Å². The average Bonchev–Trinajstić information content (AvgIpc) is 2.67. The van der Waals surface area contributed by atoms with Gasteiger partial charge in [0.2, 0.25) is 0 Å². The van der Waals surface area contributed by atoms with Gasteiger partial charge in [-0.05, 0) is 56.5 Å². The van der Waals surface area contributed by atoms with E-state index in [9.17, 15) is 9.59 Å². The zero-order valence-electron chi connectivity index (χ0n) is 15.4. The van der Waals surface area contributed by atoms with E-state index in [0.717, 1.165) is 12.8 Å². The molecule has 0 heterocycles. The van der Waals surface area contributed by atoms with Crippen LogP contribution < -0.4 is 10.1 Å². The zero-order chi connectivity index (χ0) is 18.9. The number of carbonyl (C=O) groups is 2. The Kier molecular flexibility index (Phi) is 7.21. The number of hydrogen-bond donors (Lipinski definition) is 1. The molecular formula is C21H25NO4. The third-order valence-electron chi connectivity index (χ3n) is 4.06. The molecule has 0 saturated heterocycles. The Labute approximate surface area is 154 Å². The molecule has 5 heteroatoms. The van der Waals surface area contributed by atoms with Gasteiger partial charge >= 0.3 is 5.97 Å². The quantitative estimate of drug-likeness (QED) is 0.737. The van der Waals surface area contributed by atoms with Crippen LogP contribution in [0.25, 0.3) is 0 Å². The Balaban J connectivity index is 1.80. The summed E-state index contributed by atoms with van der Waals surface area (Å²) in [7, 11) is 1.33. The van der Waals surface area contributed by atoms with Gasteiger partial charge in [-0.25, -0.2) is 4.79 Å². The first-order chi connectivity index (χ1) is 12.5. The third-order valence-corrected chi connectivity index (χ3v) is 4.06. The highest BCUT2D eigenvalue weighted by molar-refractivity contribution is 5.89. The summed E-state index contributed by atoms with van der Waals surface area (Å²) in [6, 6.07) is 16.7. The fourth-order valence-electron chi connectivity index (χ4n) is 2.51. The maximum Gasteiger partial charge on any atom is 0.337 e. The summed E-state index contributed by atoms with van der Waals surface area (Å²) < 4.78 is 10.3. The topological polar surface area (TPSA) is 64.6 Å². The molecule has 0 aliphatic heterocycles. The number of methoxy groups -OCH3 is 1. The van der Waals surface area contributed by atoms with Crippen LogP contribution in [0.1, 0.15) is 36.2 Å². The number of benzene rings is 2. The highest BCUT2D eigenvalue weighted by atomic mass is 16.5. The summed E-state index contributed by atoms with van der Waals surface area (Å²) in [5.41, 5.74) is 1.69. The number of esters is 1. The summed E-state index contributed by atoms with van der Waals surface area (Å²) in [6.45, 7) is 3.69. The van der Waals surface area contributed by atoms with Crippen LogP contribution >= 0.6 is 0 Å². The molecule has 0 saturated carbocycles. The minimum Gasteiger partial charge on any atom is -0.481 e. The SMILES string of the molecule is COC(=O)c1ccc(O[C@H](C)C(=O)N[C@@H](C)CCc2ccccc2)cc1. The van der Waals surface area contributed by atoms with Crippen molar-refractivity contribution in [1.82, 2.24) is 5.32 Å². The van der Waals surface area contributed by atoms with Gasteiger partial charge in [-0.15, -0.1) is 0 Å². The van der Waals surface area contributed by atoms with Crippen LogP contribution in [-0.4, -0.2) is 31.1 Å². The molecule has 1 N–H and O–H groups in total. The Bertz CT molecular complexity index is 713. The Morgan fingerprint density at radius 1 is 1.00 bits per heavy atom. The average molecular weight is 355 g/mol. The normalized spacial score (nSPS) is 12.7. The highest BCUT2D eigenvalue weighted by Gasteiger charge is 2.17. The first-order valence-corrected chi connectivity index (χ1v) is 8.69. The van der Waals surface area contributed by atoms with Gasteiger partial charge in [0, 0.05) is 6.04 Å². The van der Waals surface area contributed by atoms with Gasteiger partial charge < -0.3 is 14.8 Å². The van der Waals surface area contributed by atoms with Gasteiger partial charge in [-0.1, -0.05) is 30.3 Å². The molecule has 1 amide bonds. The van der Waals surface area contributed by atoms with Gasteiger partial charge in [0.15, 0.2) is 6.10 Å². The van der Waals surface area contributed by atoms with E-state index in [2.05, 4.69) is 22.2 Å². The van der Waals surface area contributed by atoms with Crippen LogP contribution in [0.2, 0.25) is 0 Å². The number of nitrogens with one attached hydrogen (secondary N) is 1. The van der Waals surface area contributed by atoms with E-state index in [4.69, 9.17) is 4.74 Å². The lowest BCUT2D eigenvalue weighted by Crippen LogP contribution is -2.41. The summed E-state index contributed by atoms with van der Waals surface area (Å²) in [6.07, 6.45) is 1.14. The smallest absolute Gasteiger partial charge is 0.337 e. The maximum atomic E-state index is 12.3. The molecule has 2 rings (SSSR count). The van der Waals surface area contributed by atoms with Crippen LogP contribution in [0, 0.1) is 0 Å². The van der Waals surface area contributed by atoms with Crippen LogP contribution in [0.3, 0.4) is 0 Å². The Morgan fingerprint density at radius 2 is 1.65 bits per heavy atom. The van der Waals surface area contributed by atoms with Crippen molar-refractivity contribution in [2.45, 2.75) is 38.8 Å². The van der Waals surface area contributed by atoms with Gasteiger partial charge in [0.05, 0.1) is 12.7 Å². The van der Waals surface area contributed by atoms with Crippen LogP contribution in [0.5, 0.6) is 5.75 Å². The maximum absolute atomic E-state index is 12.3. The standard InChI is InChI=1S/C21H25NO4/c1-15(9-10-17-7-5-4-6-8-17)22-20(23)16(2)26-19-13-11-18(12-14-19)21(24)25-3/h4-8,11-16H,9-10H2,1-3H3,(H,22,23)/t15-,16+/m0/s1. The minimum absolute atomic E-state index is 0.0513. The lowest BCUT2D eigenvalue weighted by molar-refractivity contribution is -0.127. The summed E-state index contributed by atoms with van der Waals surface area (Å²) >= 11 is 0. The molecule has 2 aromatic carbocycles. The Morgan fingerprint density at radius 3 is 2.27 bits per heavy atom. The van der Waals surface area contributed by atoms with Crippen molar-refractivity contribution in [2.24, 2.45) is 0 Å². The lowest BCUT2D eigenvalue weighted by Gasteiger charge is -2.19. The first kappa shape index (κ1) is 19.5. The molecule has 0 spiro atoms. The number of carbonyl (C=O) groups excluding carboxylic acids is 2. The van der Waals surface area contributed by atoms with Gasteiger partial charge in [0.1, 0.15) is 5.75 Å². The molecule has 138 valence electrons. The highest BCUT2D eigenvalue weighted by Crippen LogP contribution is 2.15. The van der Waals surface area contributed by atoms with Crippen molar-refractivity contribution < 1.29 is 19.1 Å². The van der Waals surface area contributed by atoms with Crippen molar-refractivity contribution >= 4 is 11.9 Å². The summed E-state index contributed by atoms with van der Waals surface area (Å²) in [5.74, 6) is -0.0468. The number of rotatable bonds is 8. The van der Waals surface area contributed by atoms with Gasteiger partial charge in [-0.3, -0.25) is 4.79 Å². The zero-order valence-corrected chi connectivity index (χ0v) is 15.4. The fourth-order valence-corrected chi connectivity index (χ4v) is 2.51. The molecule has 0 bridgehead atoms. The second kappa shape index (κ2) is 9.61. The van der Waals surface area contributed by atoms with Crippen molar-refractivity contribution in [1.29, 1.82) is 0 Å². The molecule has 0 aliphatic carbocycles. The van der Waals surface area contributed by atoms with Crippen molar-refractivity contribution in [2.75, 3.05) is 7.11 Å². The molecule has 0 radical (unpaired) electrons. The second-order valence-electron chi connectivity index (χ2n) is 6.21. The molecule has 0 aromatic heterocycles. The molecule has 5 nitrogen and oxygen atoms in total. The first-order valence-electron chi connectivity index (χ1n) is 8.69. The monoisotopic (exact) mass is 355 g/mol. The van der Waals surface area contributed by atoms with Gasteiger partial charge in [0.25, 0.3) is 5.91 Å². The van der Waals surface area contributed by atoms with Crippen LogP contribution in [0.4, 0.5) is 0 Å². The third kappa shape index (κ3) is 5.92. The Hall–Kier alpha value is -2.82. The second-order valence-corrected chi connectivity index (χ2v) is 6.21. The molecule has 26 heavy (non-hydrogen) atoms. The van der Waals surface area contributed by atoms with Crippen molar-refractivity contribution in [3.63, 3.8) is 0 Å². The number of hydrogen-bond acceptors (Lipinski definition) is 4. The molecule has 0 aliphatic rings. The molecule has 0 fully saturated rings. The largest absolute Gasteiger partial charge is 0.481 e. The van der Waals surface area contributed by atoms with Crippen LogP contribution in [-0.2, 0) is 16.0 Å². The van der Waals surface area contributed by atoms with E-state index in [1.165, 1.54) is 12.7 Å². The number of ether oxygens (including phenoxy) is 2. The summed E-state index contributed by atoms with van der Waals surface area (Å²) in [4.78, 5) is 23.7. The van der Waals surface area contributed by atoms with Crippen LogP contribution in [0.15, 0.2) is 54.6 Å². The number of aryl methyl sites for hydroxylation is 1. The lowest BCUT2D eigenvalue weighted by atomic mass is 10.1. The molecular weight excluding hydrogens is 330 g/mol.